The maximum atomic E-state index is 12.6. The molecule has 0 aliphatic carbocycles. The standard InChI is InChI=1S/C17H21NO6S/c1-22-13-6-4-5-12(9-13)15(19)11-18-25(20,21)17-10-14(23-2)7-8-16(17)24-3/h4-10,15,18-19H,11H2,1-3H3. The first kappa shape index (κ1) is 19.0. The van der Waals surface area contributed by atoms with Crippen molar-refractivity contribution in [2.75, 3.05) is 27.9 Å². The number of nitrogens with one attached hydrogen (secondary N) is 1. The van der Waals surface area contributed by atoms with Gasteiger partial charge < -0.3 is 19.3 Å². The fourth-order valence-corrected chi connectivity index (χ4v) is 3.45. The molecule has 0 aromatic heterocycles. The average molecular weight is 367 g/mol. The Hall–Kier alpha value is -2.29. The number of aliphatic hydroxyl groups is 1. The number of benzene rings is 2. The Morgan fingerprint density at radius 1 is 1.00 bits per heavy atom. The number of ether oxygens (including phenoxy) is 3. The fraction of sp³-hybridized carbons (Fsp3) is 0.294. The summed E-state index contributed by atoms with van der Waals surface area (Å²) in [5, 5.41) is 10.2. The minimum absolute atomic E-state index is 0.0628. The van der Waals surface area contributed by atoms with Crippen LogP contribution >= 0.6 is 0 Å². The lowest BCUT2D eigenvalue weighted by molar-refractivity contribution is 0.181. The molecule has 0 aliphatic heterocycles. The fourth-order valence-electron chi connectivity index (χ4n) is 2.23. The van der Waals surface area contributed by atoms with Gasteiger partial charge in [0.25, 0.3) is 0 Å². The summed E-state index contributed by atoms with van der Waals surface area (Å²) in [5.74, 6) is 1.15. The van der Waals surface area contributed by atoms with Gasteiger partial charge in [0.2, 0.25) is 10.0 Å². The maximum absolute atomic E-state index is 12.6. The van der Waals surface area contributed by atoms with Crippen molar-refractivity contribution < 1.29 is 27.7 Å². The Morgan fingerprint density at radius 3 is 2.32 bits per heavy atom. The number of rotatable bonds is 8. The van der Waals surface area contributed by atoms with Gasteiger partial charge in [0.15, 0.2) is 0 Å². The van der Waals surface area contributed by atoms with Crippen LogP contribution in [0.4, 0.5) is 0 Å². The normalized spacial score (nSPS) is 12.5. The van der Waals surface area contributed by atoms with E-state index in [2.05, 4.69) is 4.72 Å². The summed E-state index contributed by atoms with van der Waals surface area (Å²) in [4.78, 5) is -0.0628. The first-order chi connectivity index (χ1) is 11.9. The Balaban J connectivity index is 2.18. The zero-order chi connectivity index (χ0) is 18.4. The van der Waals surface area contributed by atoms with Gasteiger partial charge in [-0.05, 0) is 29.8 Å². The Labute approximate surface area is 147 Å². The minimum atomic E-state index is -3.90. The molecule has 0 saturated carbocycles. The maximum Gasteiger partial charge on any atom is 0.244 e. The molecule has 25 heavy (non-hydrogen) atoms. The SMILES string of the molecule is COc1cccc(C(O)CNS(=O)(=O)c2cc(OC)ccc2OC)c1. The van der Waals surface area contributed by atoms with Crippen LogP contribution in [-0.4, -0.2) is 41.4 Å². The molecular formula is C17H21NO6S. The van der Waals surface area contributed by atoms with E-state index >= 15 is 0 Å². The summed E-state index contributed by atoms with van der Waals surface area (Å²) in [6, 6.07) is 11.3. The molecule has 0 fully saturated rings. The van der Waals surface area contributed by atoms with Gasteiger partial charge in [0.1, 0.15) is 22.1 Å². The van der Waals surface area contributed by atoms with Gasteiger partial charge in [-0.3, -0.25) is 0 Å². The van der Waals surface area contributed by atoms with Crippen LogP contribution in [0.15, 0.2) is 47.4 Å². The Bertz CT molecular complexity index is 822. The van der Waals surface area contributed by atoms with Gasteiger partial charge in [-0.1, -0.05) is 12.1 Å². The van der Waals surface area contributed by atoms with E-state index in [0.717, 1.165) is 0 Å². The van der Waals surface area contributed by atoms with Crippen molar-refractivity contribution in [2.24, 2.45) is 0 Å². The van der Waals surface area contributed by atoms with Crippen LogP contribution in [0.2, 0.25) is 0 Å². The van der Waals surface area contributed by atoms with E-state index in [1.54, 1.807) is 30.3 Å². The predicted molar refractivity (Wildman–Crippen MR) is 92.7 cm³/mol. The molecule has 0 spiro atoms. The first-order valence-electron chi connectivity index (χ1n) is 7.45. The highest BCUT2D eigenvalue weighted by Gasteiger charge is 2.22. The van der Waals surface area contributed by atoms with Crippen molar-refractivity contribution in [2.45, 2.75) is 11.0 Å². The largest absolute Gasteiger partial charge is 0.497 e. The molecule has 0 radical (unpaired) electrons. The number of hydrogen-bond donors (Lipinski definition) is 2. The second kappa shape index (κ2) is 8.19. The summed E-state index contributed by atoms with van der Waals surface area (Å²) in [6.45, 7) is -0.199. The van der Waals surface area contributed by atoms with Crippen molar-refractivity contribution in [1.82, 2.24) is 4.72 Å². The van der Waals surface area contributed by atoms with E-state index in [1.165, 1.54) is 33.5 Å². The summed E-state index contributed by atoms with van der Waals surface area (Å²) < 4.78 is 42.7. The highest BCUT2D eigenvalue weighted by molar-refractivity contribution is 7.89. The highest BCUT2D eigenvalue weighted by Crippen LogP contribution is 2.28. The summed E-state index contributed by atoms with van der Waals surface area (Å²) in [6.07, 6.45) is -1.03. The third-order valence-corrected chi connectivity index (χ3v) is 5.05. The lowest BCUT2D eigenvalue weighted by Crippen LogP contribution is -2.29. The van der Waals surface area contributed by atoms with Gasteiger partial charge in [-0.25, -0.2) is 13.1 Å². The molecule has 0 heterocycles. The molecule has 0 amide bonds. The molecule has 2 aromatic carbocycles. The first-order valence-corrected chi connectivity index (χ1v) is 8.93. The molecule has 2 rings (SSSR count). The van der Waals surface area contributed by atoms with Gasteiger partial charge in [-0.2, -0.15) is 0 Å². The van der Waals surface area contributed by atoms with Crippen LogP contribution in [0.1, 0.15) is 11.7 Å². The highest BCUT2D eigenvalue weighted by atomic mass is 32.2. The molecule has 136 valence electrons. The van der Waals surface area contributed by atoms with Crippen LogP contribution in [-0.2, 0) is 10.0 Å². The molecular weight excluding hydrogens is 346 g/mol. The molecule has 7 nitrogen and oxygen atoms in total. The van der Waals surface area contributed by atoms with Crippen molar-refractivity contribution in [3.05, 3.63) is 48.0 Å². The third-order valence-electron chi connectivity index (χ3n) is 3.61. The third kappa shape index (κ3) is 4.62. The Morgan fingerprint density at radius 2 is 1.68 bits per heavy atom. The number of sulfonamides is 1. The predicted octanol–water partition coefficient (Wildman–Crippen LogP) is 1.72. The Kier molecular flexibility index (Phi) is 6.24. The van der Waals surface area contributed by atoms with Crippen molar-refractivity contribution >= 4 is 10.0 Å². The van der Waals surface area contributed by atoms with Crippen LogP contribution in [0.3, 0.4) is 0 Å². The number of aliphatic hydroxyl groups excluding tert-OH is 1. The zero-order valence-corrected chi connectivity index (χ0v) is 15.0. The second-order valence-corrected chi connectivity index (χ2v) is 6.90. The van der Waals surface area contributed by atoms with E-state index in [1.807, 2.05) is 0 Å². The molecule has 0 bridgehead atoms. The van der Waals surface area contributed by atoms with Crippen molar-refractivity contribution in [1.29, 1.82) is 0 Å². The van der Waals surface area contributed by atoms with Crippen LogP contribution in [0.5, 0.6) is 17.2 Å². The van der Waals surface area contributed by atoms with E-state index in [0.29, 0.717) is 17.1 Å². The second-order valence-electron chi connectivity index (χ2n) is 5.16. The van der Waals surface area contributed by atoms with Crippen molar-refractivity contribution in [3.63, 3.8) is 0 Å². The van der Waals surface area contributed by atoms with E-state index in [-0.39, 0.29) is 17.2 Å². The van der Waals surface area contributed by atoms with Gasteiger partial charge in [0.05, 0.1) is 27.4 Å². The van der Waals surface area contributed by atoms with Gasteiger partial charge >= 0.3 is 0 Å². The summed E-state index contributed by atoms with van der Waals surface area (Å²) in [5.41, 5.74) is 0.541. The van der Waals surface area contributed by atoms with E-state index in [9.17, 15) is 13.5 Å². The molecule has 2 N–H and O–H groups in total. The van der Waals surface area contributed by atoms with Crippen LogP contribution in [0.25, 0.3) is 0 Å². The molecule has 1 unspecified atom stereocenters. The van der Waals surface area contributed by atoms with Gasteiger partial charge in [0, 0.05) is 12.6 Å². The average Bonchev–Trinajstić information content (AvgIpc) is 2.65. The smallest absolute Gasteiger partial charge is 0.244 e. The lowest BCUT2D eigenvalue weighted by Gasteiger charge is -2.15. The summed E-state index contributed by atoms with van der Waals surface area (Å²) >= 11 is 0. The van der Waals surface area contributed by atoms with E-state index in [4.69, 9.17) is 14.2 Å². The number of hydrogen-bond acceptors (Lipinski definition) is 6. The van der Waals surface area contributed by atoms with Crippen LogP contribution in [0, 0.1) is 0 Å². The lowest BCUT2D eigenvalue weighted by atomic mass is 10.1. The number of methoxy groups -OCH3 is 3. The quantitative estimate of drug-likeness (QED) is 0.738. The molecule has 0 saturated heterocycles. The van der Waals surface area contributed by atoms with Gasteiger partial charge in [-0.15, -0.1) is 0 Å². The minimum Gasteiger partial charge on any atom is -0.497 e. The van der Waals surface area contributed by atoms with E-state index < -0.39 is 16.1 Å². The monoisotopic (exact) mass is 367 g/mol. The van der Waals surface area contributed by atoms with Crippen molar-refractivity contribution in [3.8, 4) is 17.2 Å². The molecule has 2 aromatic rings. The molecule has 0 aliphatic rings. The topological polar surface area (TPSA) is 94.1 Å². The zero-order valence-electron chi connectivity index (χ0n) is 14.2. The summed E-state index contributed by atoms with van der Waals surface area (Å²) in [7, 11) is 0.440. The molecule has 8 heteroatoms. The molecule has 1 atom stereocenters. The van der Waals surface area contributed by atoms with Crippen LogP contribution < -0.4 is 18.9 Å².